The number of benzene rings is 2. The molecule has 0 aliphatic rings. The number of nitrogens with two attached hydrogens (primary N) is 1. The van der Waals surface area contributed by atoms with Crippen LogP contribution in [0.15, 0.2) is 48.5 Å². The third kappa shape index (κ3) is 4.46. The van der Waals surface area contributed by atoms with Crippen LogP contribution >= 0.6 is 0 Å². The molecular weight excluding hydrogens is 370 g/mol. The summed E-state index contributed by atoms with van der Waals surface area (Å²) in [7, 11) is 0. The number of hydrogen-bond donors (Lipinski definition) is 1. The molecule has 3 rings (SSSR count). The maximum absolute atomic E-state index is 12.5. The van der Waals surface area contributed by atoms with Gasteiger partial charge in [-0.1, -0.05) is 61.7 Å². The van der Waals surface area contributed by atoms with Gasteiger partial charge < -0.3 is 10.3 Å². The molecule has 154 valence electrons. The first-order valence-electron chi connectivity index (χ1n) is 10.5. The number of carbonyl (C=O) groups excluding carboxylic acids is 1. The minimum atomic E-state index is -0.411. The second kappa shape index (κ2) is 9.45. The molecule has 0 spiro atoms. The first-order valence-corrected chi connectivity index (χ1v) is 10.5. The van der Waals surface area contributed by atoms with Gasteiger partial charge in [0.1, 0.15) is 0 Å². The number of nitrogens with zero attached hydrogens (tertiary/aromatic N) is 2. The molecule has 0 bridgehead atoms. The van der Waals surface area contributed by atoms with Gasteiger partial charge in [-0.25, -0.2) is 0 Å². The van der Waals surface area contributed by atoms with Crippen LogP contribution < -0.4 is 5.73 Å². The van der Waals surface area contributed by atoms with Crippen LogP contribution in [0.1, 0.15) is 64.6 Å². The Morgan fingerprint density at radius 3 is 2.43 bits per heavy atom. The molecule has 3 aromatic rings. The highest BCUT2D eigenvalue weighted by molar-refractivity contribution is 6.02. The monoisotopic (exact) mass is 399 g/mol. The minimum absolute atomic E-state index is 0.411. The van der Waals surface area contributed by atoms with Crippen molar-refractivity contribution in [1.29, 1.82) is 5.26 Å². The minimum Gasteiger partial charge on any atom is -0.366 e. The van der Waals surface area contributed by atoms with E-state index < -0.39 is 5.91 Å². The van der Waals surface area contributed by atoms with Crippen molar-refractivity contribution in [2.45, 2.75) is 53.0 Å². The zero-order valence-electron chi connectivity index (χ0n) is 18.0. The summed E-state index contributed by atoms with van der Waals surface area (Å²) in [6.45, 7) is 6.95. The first-order chi connectivity index (χ1) is 14.5. The lowest BCUT2D eigenvalue weighted by atomic mass is 9.96. The summed E-state index contributed by atoms with van der Waals surface area (Å²) >= 11 is 0. The Hall–Kier alpha value is -3.32. The maximum Gasteiger partial charge on any atom is 0.251 e. The number of carbonyl (C=O) groups is 1. The van der Waals surface area contributed by atoms with E-state index >= 15 is 0 Å². The highest BCUT2D eigenvalue weighted by Gasteiger charge is 2.24. The number of hydrogen-bond acceptors (Lipinski definition) is 2. The molecule has 30 heavy (non-hydrogen) atoms. The second-order valence-electron chi connectivity index (χ2n) is 7.87. The van der Waals surface area contributed by atoms with Gasteiger partial charge in [-0.05, 0) is 49.9 Å². The molecule has 0 saturated heterocycles. The van der Waals surface area contributed by atoms with Crippen molar-refractivity contribution in [2.75, 3.05) is 0 Å². The Kier molecular flexibility index (Phi) is 6.74. The largest absolute Gasteiger partial charge is 0.366 e. The molecule has 4 nitrogen and oxygen atoms in total. The highest BCUT2D eigenvalue weighted by Crippen LogP contribution is 2.34. The highest BCUT2D eigenvalue weighted by atomic mass is 16.1. The van der Waals surface area contributed by atoms with Gasteiger partial charge >= 0.3 is 0 Å². The molecule has 0 radical (unpaired) electrons. The van der Waals surface area contributed by atoms with E-state index in [0.717, 1.165) is 48.2 Å². The van der Waals surface area contributed by atoms with Gasteiger partial charge in [0.15, 0.2) is 0 Å². The van der Waals surface area contributed by atoms with E-state index in [9.17, 15) is 4.79 Å². The fourth-order valence-corrected chi connectivity index (χ4v) is 4.13. The van der Waals surface area contributed by atoms with Gasteiger partial charge in [0, 0.05) is 23.5 Å². The Morgan fingerprint density at radius 1 is 1.10 bits per heavy atom. The zero-order chi connectivity index (χ0) is 21.7. The Morgan fingerprint density at radius 2 is 1.83 bits per heavy atom. The van der Waals surface area contributed by atoms with E-state index in [1.54, 1.807) is 12.1 Å². The van der Waals surface area contributed by atoms with E-state index in [4.69, 9.17) is 11.0 Å². The van der Waals surface area contributed by atoms with Crippen LogP contribution in [-0.2, 0) is 13.0 Å². The van der Waals surface area contributed by atoms with Crippen LogP contribution in [0.2, 0.25) is 0 Å². The Bertz CT molecular complexity index is 1080. The average molecular weight is 400 g/mol. The standard InChI is InChI=1S/C26H29N3O/c1-4-5-6-10-23-25(22-13-11-20(16-27)12-14-22)24(26(28)30)19(3)29(23)17-21-9-7-8-18(2)15-21/h7-9,11-15H,4-6,10,17H2,1-3H3,(H2,28,30). The van der Waals surface area contributed by atoms with Crippen LogP contribution in [0.3, 0.4) is 0 Å². The fourth-order valence-electron chi connectivity index (χ4n) is 4.13. The van der Waals surface area contributed by atoms with Gasteiger partial charge in [-0.2, -0.15) is 5.26 Å². The van der Waals surface area contributed by atoms with Crippen molar-refractivity contribution in [3.63, 3.8) is 0 Å². The third-order valence-electron chi connectivity index (χ3n) is 5.62. The number of nitriles is 1. The normalized spacial score (nSPS) is 10.7. The summed E-state index contributed by atoms with van der Waals surface area (Å²) < 4.78 is 2.25. The number of unbranched alkanes of at least 4 members (excludes halogenated alkanes) is 2. The van der Waals surface area contributed by atoms with E-state index in [1.165, 1.54) is 11.1 Å². The molecule has 0 atom stereocenters. The molecule has 4 heteroatoms. The average Bonchev–Trinajstić information content (AvgIpc) is 3.00. The van der Waals surface area contributed by atoms with Crippen LogP contribution in [0.4, 0.5) is 0 Å². The predicted molar refractivity (Wildman–Crippen MR) is 121 cm³/mol. The molecule has 2 N–H and O–H groups in total. The predicted octanol–water partition coefficient (Wildman–Crippen LogP) is 5.52. The summed E-state index contributed by atoms with van der Waals surface area (Å²) in [6.07, 6.45) is 4.19. The molecule has 1 amide bonds. The number of primary amides is 1. The number of amides is 1. The Labute approximate surface area is 179 Å². The van der Waals surface area contributed by atoms with Crippen molar-refractivity contribution in [3.8, 4) is 17.2 Å². The number of aryl methyl sites for hydroxylation is 1. The third-order valence-corrected chi connectivity index (χ3v) is 5.62. The molecule has 0 fully saturated rings. The molecule has 0 unspecified atom stereocenters. The van der Waals surface area contributed by atoms with E-state index in [2.05, 4.69) is 48.7 Å². The molecule has 0 saturated carbocycles. The van der Waals surface area contributed by atoms with Gasteiger partial charge in [0.2, 0.25) is 0 Å². The summed E-state index contributed by atoms with van der Waals surface area (Å²) in [5.74, 6) is -0.411. The van der Waals surface area contributed by atoms with Gasteiger partial charge in [0.05, 0.1) is 17.2 Å². The summed E-state index contributed by atoms with van der Waals surface area (Å²) in [5, 5.41) is 9.15. The van der Waals surface area contributed by atoms with E-state index in [1.807, 2.05) is 19.1 Å². The van der Waals surface area contributed by atoms with Crippen molar-refractivity contribution >= 4 is 5.91 Å². The smallest absolute Gasteiger partial charge is 0.251 e. The van der Waals surface area contributed by atoms with E-state index in [-0.39, 0.29) is 0 Å². The van der Waals surface area contributed by atoms with E-state index in [0.29, 0.717) is 17.7 Å². The van der Waals surface area contributed by atoms with Gasteiger partial charge in [0.25, 0.3) is 5.91 Å². The second-order valence-corrected chi connectivity index (χ2v) is 7.87. The van der Waals surface area contributed by atoms with Crippen LogP contribution in [0.5, 0.6) is 0 Å². The maximum atomic E-state index is 12.5. The van der Waals surface area contributed by atoms with Gasteiger partial charge in [-0.3, -0.25) is 4.79 Å². The summed E-state index contributed by atoms with van der Waals surface area (Å²) in [4.78, 5) is 12.5. The molecular formula is C26H29N3O. The van der Waals surface area contributed by atoms with Crippen LogP contribution in [-0.4, -0.2) is 10.5 Å². The Balaban J connectivity index is 2.19. The molecule has 1 heterocycles. The van der Waals surface area contributed by atoms with Crippen LogP contribution in [0.25, 0.3) is 11.1 Å². The lowest BCUT2D eigenvalue weighted by molar-refractivity contribution is 0.1000. The van der Waals surface area contributed by atoms with Crippen molar-refractivity contribution in [3.05, 3.63) is 82.2 Å². The van der Waals surface area contributed by atoms with Crippen molar-refractivity contribution in [1.82, 2.24) is 4.57 Å². The number of aromatic nitrogens is 1. The zero-order valence-corrected chi connectivity index (χ0v) is 18.0. The lowest BCUT2D eigenvalue weighted by Gasteiger charge is -2.14. The summed E-state index contributed by atoms with van der Waals surface area (Å²) in [6, 6.07) is 18.0. The molecule has 1 aromatic heterocycles. The summed E-state index contributed by atoms with van der Waals surface area (Å²) in [5.41, 5.74) is 13.3. The number of rotatable bonds is 8. The molecule has 0 aliphatic heterocycles. The fraction of sp³-hybridized carbons (Fsp3) is 0.308. The quantitative estimate of drug-likeness (QED) is 0.506. The van der Waals surface area contributed by atoms with Crippen LogP contribution in [0, 0.1) is 25.2 Å². The van der Waals surface area contributed by atoms with Crippen molar-refractivity contribution < 1.29 is 4.79 Å². The van der Waals surface area contributed by atoms with Crippen molar-refractivity contribution in [2.24, 2.45) is 5.73 Å². The van der Waals surface area contributed by atoms with Gasteiger partial charge in [-0.15, -0.1) is 0 Å². The lowest BCUT2D eigenvalue weighted by Crippen LogP contribution is -2.13. The first kappa shape index (κ1) is 21.4. The topological polar surface area (TPSA) is 71.8 Å². The SMILES string of the molecule is CCCCCc1c(-c2ccc(C#N)cc2)c(C(N)=O)c(C)n1Cc1cccc(C)c1. The molecule has 2 aromatic carbocycles. The molecule has 0 aliphatic carbocycles.